The summed E-state index contributed by atoms with van der Waals surface area (Å²) in [6.07, 6.45) is 0. The Balaban J connectivity index is 1.29. The summed E-state index contributed by atoms with van der Waals surface area (Å²) in [7, 11) is 0. The third-order valence-corrected chi connectivity index (χ3v) is 11.3. The Morgan fingerprint density at radius 2 is 0.882 bits per heavy atom. The molecule has 5 nitrogen and oxygen atoms in total. The first-order valence-corrected chi connectivity index (χ1v) is 17.9. The number of anilines is 3. The molecule has 0 saturated heterocycles. The van der Waals surface area contributed by atoms with E-state index in [0.29, 0.717) is 0 Å². The van der Waals surface area contributed by atoms with Gasteiger partial charge in [0.2, 0.25) is 0 Å². The molecule has 6 aromatic carbocycles. The molecule has 51 heavy (non-hydrogen) atoms. The van der Waals surface area contributed by atoms with Gasteiger partial charge in [0.1, 0.15) is 46.0 Å². The topological polar surface area (TPSA) is 40.2 Å². The molecule has 0 aromatic heterocycles. The van der Waals surface area contributed by atoms with E-state index < -0.39 is 0 Å². The molecule has 6 aromatic rings. The molecule has 0 unspecified atom stereocenters. The monoisotopic (exact) mass is 663 g/mol. The molecule has 246 valence electrons. The molecule has 2 bridgehead atoms. The van der Waals surface area contributed by atoms with Crippen LogP contribution in [0.2, 0.25) is 0 Å². The quantitative estimate of drug-likeness (QED) is 0.170. The first-order valence-electron chi connectivity index (χ1n) is 17.9. The van der Waals surface area contributed by atoms with E-state index in [1.54, 1.807) is 0 Å². The Bertz CT molecular complexity index is 2530. The van der Waals surface area contributed by atoms with Crippen LogP contribution in [0.4, 0.5) is 17.1 Å². The second-order valence-corrected chi connectivity index (χ2v) is 16.5. The molecule has 0 fully saturated rings. The van der Waals surface area contributed by atoms with Crippen molar-refractivity contribution in [2.75, 3.05) is 4.90 Å². The van der Waals surface area contributed by atoms with Crippen LogP contribution in [0.3, 0.4) is 0 Å². The molecule has 7 heteroatoms. The molecule has 0 atom stereocenters. The minimum Gasteiger partial charge on any atom is -0.458 e. The Morgan fingerprint density at radius 1 is 0.412 bits per heavy atom. The zero-order valence-corrected chi connectivity index (χ0v) is 29.5. The number of para-hydroxylation sites is 1. The number of ether oxygens (including phenoxy) is 4. The lowest BCUT2D eigenvalue weighted by Gasteiger charge is -2.43. The van der Waals surface area contributed by atoms with Crippen LogP contribution in [0.15, 0.2) is 103 Å². The van der Waals surface area contributed by atoms with E-state index in [-0.39, 0.29) is 24.3 Å². The Kier molecular flexibility index (Phi) is 5.50. The molecule has 5 aliphatic rings. The fourth-order valence-electron chi connectivity index (χ4n) is 8.78. The van der Waals surface area contributed by atoms with Gasteiger partial charge in [0.25, 0.3) is 13.4 Å². The summed E-state index contributed by atoms with van der Waals surface area (Å²) in [6.45, 7) is 13.2. The molecule has 0 amide bonds. The maximum Gasteiger partial charge on any atom is 0.265 e. The SMILES string of the molecule is CC(C)(C)c1cc2c3c(c1)Oc1cccc4c1B3c1cc3c(cc1O2)N(c1ccccc1)c1cc(C(C)(C)C)cc2c1B3c1c(cccc1O2)O4. The van der Waals surface area contributed by atoms with Gasteiger partial charge in [0, 0.05) is 39.5 Å². The van der Waals surface area contributed by atoms with Gasteiger partial charge in [-0.15, -0.1) is 0 Å². The van der Waals surface area contributed by atoms with Crippen molar-refractivity contribution in [1.29, 1.82) is 0 Å². The van der Waals surface area contributed by atoms with Crippen molar-refractivity contribution in [2.45, 2.75) is 52.4 Å². The highest BCUT2D eigenvalue weighted by Crippen LogP contribution is 2.47. The highest BCUT2D eigenvalue weighted by atomic mass is 16.5. The summed E-state index contributed by atoms with van der Waals surface area (Å²) in [5, 5.41) is 0. The zero-order valence-electron chi connectivity index (χ0n) is 29.5. The fourth-order valence-corrected chi connectivity index (χ4v) is 8.78. The summed E-state index contributed by atoms with van der Waals surface area (Å²) in [4.78, 5) is 2.41. The van der Waals surface area contributed by atoms with Crippen molar-refractivity contribution in [2.24, 2.45) is 0 Å². The van der Waals surface area contributed by atoms with Gasteiger partial charge < -0.3 is 23.8 Å². The number of hydrogen-bond acceptors (Lipinski definition) is 5. The van der Waals surface area contributed by atoms with Crippen LogP contribution in [0.25, 0.3) is 0 Å². The standard InChI is InChI=1S/C44H35B2NO4/c1-43(2,3)24-18-30-39-36(19-24)49-33-16-10-14-31-40(33)45(39)27-22-28-35(23-29(27)47(30)26-12-8-7-9-13-26)51-38-21-25(44(4,5)6)20-37-42(38)46(28)41-32(48-31)15-11-17-34(41)50-37/h7-23H,1-6H3. The highest BCUT2D eigenvalue weighted by Gasteiger charge is 2.49. The molecular weight excluding hydrogens is 628 g/mol. The summed E-state index contributed by atoms with van der Waals surface area (Å²) in [5.41, 5.74) is 12.0. The largest absolute Gasteiger partial charge is 0.458 e. The summed E-state index contributed by atoms with van der Waals surface area (Å²) in [5.74, 6) is 6.60. The fraction of sp³-hybridized carbons (Fsp3) is 0.182. The molecule has 11 rings (SSSR count). The van der Waals surface area contributed by atoms with Crippen LogP contribution in [0.5, 0.6) is 46.0 Å². The molecular formula is C44H35B2NO4. The molecule has 5 heterocycles. The van der Waals surface area contributed by atoms with E-state index in [9.17, 15) is 0 Å². The van der Waals surface area contributed by atoms with E-state index >= 15 is 0 Å². The molecule has 0 saturated carbocycles. The number of rotatable bonds is 1. The van der Waals surface area contributed by atoms with Crippen LogP contribution in [0, 0.1) is 0 Å². The second kappa shape index (κ2) is 9.61. The zero-order chi connectivity index (χ0) is 34.6. The van der Waals surface area contributed by atoms with Crippen LogP contribution >= 0.6 is 0 Å². The number of benzene rings is 6. The predicted octanol–water partition coefficient (Wildman–Crippen LogP) is 7.52. The van der Waals surface area contributed by atoms with E-state index in [1.165, 1.54) is 16.6 Å². The Labute approximate surface area is 298 Å². The van der Waals surface area contributed by atoms with Crippen LogP contribution in [-0.2, 0) is 10.8 Å². The average molecular weight is 663 g/mol. The summed E-state index contributed by atoms with van der Waals surface area (Å²) >= 11 is 0. The van der Waals surface area contributed by atoms with Gasteiger partial charge in [-0.25, -0.2) is 0 Å². The maximum absolute atomic E-state index is 7.10. The number of hydrogen-bond donors (Lipinski definition) is 0. The van der Waals surface area contributed by atoms with Crippen LogP contribution < -0.4 is 56.6 Å². The van der Waals surface area contributed by atoms with Gasteiger partial charge >= 0.3 is 0 Å². The number of nitrogens with zero attached hydrogens (tertiary/aromatic N) is 1. The lowest BCUT2D eigenvalue weighted by atomic mass is 9.30. The third kappa shape index (κ3) is 3.95. The van der Waals surface area contributed by atoms with E-state index in [4.69, 9.17) is 18.9 Å². The third-order valence-electron chi connectivity index (χ3n) is 11.3. The minimum atomic E-state index is -0.142. The predicted molar refractivity (Wildman–Crippen MR) is 207 cm³/mol. The highest BCUT2D eigenvalue weighted by molar-refractivity contribution is 7.02. The van der Waals surface area contributed by atoms with E-state index in [2.05, 4.69) is 137 Å². The van der Waals surface area contributed by atoms with Gasteiger partial charge in [-0.05, 0) is 99.0 Å². The van der Waals surface area contributed by atoms with Crippen LogP contribution in [-0.4, -0.2) is 13.4 Å². The van der Waals surface area contributed by atoms with Crippen molar-refractivity contribution in [3.63, 3.8) is 0 Å². The van der Waals surface area contributed by atoms with Gasteiger partial charge in [-0.2, -0.15) is 0 Å². The lowest BCUT2D eigenvalue weighted by molar-refractivity contribution is 0.449. The van der Waals surface area contributed by atoms with Gasteiger partial charge in [-0.3, -0.25) is 0 Å². The van der Waals surface area contributed by atoms with Crippen molar-refractivity contribution in [3.8, 4) is 46.0 Å². The first-order chi connectivity index (χ1) is 24.5. The first kappa shape index (κ1) is 29.2. The minimum absolute atomic E-state index is 0.100. The summed E-state index contributed by atoms with van der Waals surface area (Å²) < 4.78 is 27.8. The van der Waals surface area contributed by atoms with Crippen LogP contribution in [0.1, 0.15) is 52.7 Å². The molecule has 0 N–H and O–H groups in total. The second-order valence-electron chi connectivity index (χ2n) is 16.5. The van der Waals surface area contributed by atoms with Gasteiger partial charge in [0.05, 0.1) is 0 Å². The molecule has 0 aliphatic carbocycles. The normalized spacial score (nSPS) is 15.0. The molecule has 0 spiro atoms. The Hall–Kier alpha value is -5.55. The van der Waals surface area contributed by atoms with E-state index in [1.807, 2.05) is 12.1 Å². The van der Waals surface area contributed by atoms with Crippen molar-refractivity contribution < 1.29 is 18.9 Å². The maximum atomic E-state index is 7.10. The van der Waals surface area contributed by atoms with E-state index in [0.717, 1.165) is 90.4 Å². The summed E-state index contributed by atoms with van der Waals surface area (Å²) in [6, 6.07) is 36.7. The molecule has 5 aliphatic heterocycles. The average Bonchev–Trinajstić information content (AvgIpc) is 3.10. The van der Waals surface area contributed by atoms with Gasteiger partial charge in [0.15, 0.2) is 0 Å². The smallest absolute Gasteiger partial charge is 0.265 e. The Morgan fingerprint density at radius 3 is 1.45 bits per heavy atom. The molecule has 0 radical (unpaired) electrons. The lowest BCUT2D eigenvalue weighted by Crippen LogP contribution is -2.63. The van der Waals surface area contributed by atoms with Gasteiger partial charge in [-0.1, -0.05) is 77.9 Å². The van der Waals surface area contributed by atoms with Crippen molar-refractivity contribution >= 4 is 63.3 Å². The van der Waals surface area contributed by atoms with Crippen molar-refractivity contribution in [1.82, 2.24) is 0 Å². The van der Waals surface area contributed by atoms with Crippen molar-refractivity contribution in [3.05, 3.63) is 114 Å².